The van der Waals surface area contributed by atoms with Crippen LogP contribution < -0.4 is 4.72 Å². The van der Waals surface area contributed by atoms with Gasteiger partial charge in [-0.3, -0.25) is 10.1 Å². The molecule has 0 fully saturated rings. The van der Waals surface area contributed by atoms with E-state index in [2.05, 4.69) is 4.72 Å². The normalized spacial score (nSPS) is 17.3. The summed E-state index contributed by atoms with van der Waals surface area (Å²) in [6.45, 7) is 1.69. The molecule has 1 aliphatic carbocycles. The van der Waals surface area contributed by atoms with Crippen molar-refractivity contribution in [1.82, 2.24) is 4.72 Å². The first-order chi connectivity index (χ1) is 11.4. The van der Waals surface area contributed by atoms with Crippen molar-refractivity contribution in [2.45, 2.75) is 37.1 Å². The number of nitro groups is 1. The van der Waals surface area contributed by atoms with Crippen LogP contribution in [0.25, 0.3) is 0 Å². The summed E-state index contributed by atoms with van der Waals surface area (Å²) in [5, 5.41) is 11.2. The highest BCUT2D eigenvalue weighted by molar-refractivity contribution is 7.89. The average Bonchev–Trinajstić information content (AvgIpc) is 2.54. The van der Waals surface area contributed by atoms with Crippen molar-refractivity contribution in [1.29, 1.82) is 0 Å². The van der Waals surface area contributed by atoms with Gasteiger partial charge in [0.1, 0.15) is 0 Å². The lowest BCUT2D eigenvalue weighted by Crippen LogP contribution is -2.31. The molecule has 0 spiro atoms. The van der Waals surface area contributed by atoms with Crippen molar-refractivity contribution < 1.29 is 13.3 Å². The van der Waals surface area contributed by atoms with Crippen molar-refractivity contribution in [2.75, 3.05) is 0 Å². The highest BCUT2D eigenvalue weighted by Crippen LogP contribution is 2.32. The van der Waals surface area contributed by atoms with Gasteiger partial charge < -0.3 is 0 Å². The SMILES string of the molecule is Cc1ccc(S(=O)(=O)NC2CCCc3ccccc32)c([N+](=O)[O-])c1. The lowest BCUT2D eigenvalue weighted by Gasteiger charge is -2.26. The smallest absolute Gasteiger partial charge is 0.258 e. The summed E-state index contributed by atoms with van der Waals surface area (Å²) in [7, 11) is -3.99. The van der Waals surface area contributed by atoms with E-state index in [0.717, 1.165) is 24.0 Å². The van der Waals surface area contributed by atoms with Crippen molar-refractivity contribution in [3.8, 4) is 0 Å². The molecule has 1 N–H and O–H groups in total. The molecule has 1 aliphatic rings. The molecule has 2 aromatic carbocycles. The minimum atomic E-state index is -3.99. The van der Waals surface area contributed by atoms with E-state index in [1.54, 1.807) is 13.0 Å². The third kappa shape index (κ3) is 3.18. The minimum absolute atomic E-state index is 0.291. The Morgan fingerprint density at radius 3 is 2.71 bits per heavy atom. The Morgan fingerprint density at radius 1 is 1.21 bits per heavy atom. The van der Waals surface area contributed by atoms with Crippen LogP contribution in [-0.2, 0) is 16.4 Å². The number of fused-ring (bicyclic) bond motifs is 1. The zero-order chi connectivity index (χ0) is 17.3. The molecule has 0 bridgehead atoms. The summed E-state index contributed by atoms with van der Waals surface area (Å²) >= 11 is 0. The third-order valence-corrected chi connectivity index (χ3v) is 5.79. The molecule has 0 heterocycles. The van der Waals surface area contributed by atoms with Gasteiger partial charge in [-0.15, -0.1) is 0 Å². The Morgan fingerprint density at radius 2 is 1.96 bits per heavy atom. The molecule has 126 valence electrons. The van der Waals surface area contributed by atoms with Gasteiger partial charge >= 0.3 is 0 Å². The number of aryl methyl sites for hydroxylation is 2. The standard InChI is InChI=1S/C17H18N2O4S/c1-12-9-10-17(16(11-12)19(20)21)24(22,23)18-15-8-4-6-13-5-2-3-7-14(13)15/h2-3,5,7,9-11,15,18H,4,6,8H2,1H3. The van der Waals surface area contributed by atoms with E-state index in [1.165, 1.54) is 12.1 Å². The first-order valence-corrected chi connectivity index (χ1v) is 9.22. The number of benzene rings is 2. The van der Waals surface area contributed by atoms with Crippen molar-refractivity contribution in [3.05, 3.63) is 69.3 Å². The first kappa shape index (κ1) is 16.6. The van der Waals surface area contributed by atoms with E-state index in [9.17, 15) is 18.5 Å². The maximum atomic E-state index is 12.7. The molecule has 1 atom stereocenters. The molecule has 1 unspecified atom stereocenters. The number of nitrogens with zero attached hydrogens (tertiary/aromatic N) is 1. The molecule has 6 nitrogen and oxygen atoms in total. The van der Waals surface area contributed by atoms with Gasteiger partial charge in [-0.1, -0.05) is 30.3 Å². The minimum Gasteiger partial charge on any atom is -0.258 e. The van der Waals surface area contributed by atoms with Crippen molar-refractivity contribution >= 4 is 15.7 Å². The molecule has 3 rings (SSSR count). The van der Waals surface area contributed by atoms with Gasteiger partial charge in [0.05, 0.1) is 4.92 Å². The predicted molar refractivity (Wildman–Crippen MR) is 90.3 cm³/mol. The van der Waals surface area contributed by atoms with Crippen LogP contribution in [0.1, 0.15) is 35.6 Å². The Balaban J connectivity index is 1.98. The number of sulfonamides is 1. The van der Waals surface area contributed by atoms with Crippen LogP contribution in [0.3, 0.4) is 0 Å². The molecule has 2 aromatic rings. The van der Waals surface area contributed by atoms with E-state index in [1.807, 2.05) is 24.3 Å². The Kier molecular flexibility index (Phi) is 4.38. The second-order valence-corrected chi connectivity index (χ2v) is 7.68. The highest BCUT2D eigenvalue weighted by atomic mass is 32.2. The lowest BCUT2D eigenvalue weighted by atomic mass is 9.88. The van der Waals surface area contributed by atoms with E-state index in [-0.39, 0.29) is 10.9 Å². The summed E-state index contributed by atoms with van der Waals surface area (Å²) in [6, 6.07) is 11.5. The monoisotopic (exact) mass is 346 g/mol. The van der Waals surface area contributed by atoms with Gasteiger partial charge in [0.2, 0.25) is 10.0 Å². The molecule has 0 saturated heterocycles. The largest absolute Gasteiger partial charge is 0.289 e. The predicted octanol–water partition coefficient (Wildman–Crippen LogP) is 3.26. The van der Waals surface area contributed by atoms with E-state index in [4.69, 9.17) is 0 Å². The molecule has 0 radical (unpaired) electrons. The van der Waals surface area contributed by atoms with Crippen LogP contribution in [0.2, 0.25) is 0 Å². The van der Waals surface area contributed by atoms with Gasteiger partial charge in [-0.2, -0.15) is 0 Å². The Labute approximate surface area is 140 Å². The van der Waals surface area contributed by atoms with Gasteiger partial charge in [0.25, 0.3) is 5.69 Å². The first-order valence-electron chi connectivity index (χ1n) is 7.73. The van der Waals surface area contributed by atoms with Crippen LogP contribution in [0.15, 0.2) is 47.4 Å². The lowest BCUT2D eigenvalue weighted by molar-refractivity contribution is -0.387. The summed E-state index contributed by atoms with van der Waals surface area (Å²) in [4.78, 5) is 10.3. The van der Waals surface area contributed by atoms with Gasteiger partial charge in [-0.25, -0.2) is 13.1 Å². The summed E-state index contributed by atoms with van der Waals surface area (Å²) < 4.78 is 28.1. The van der Waals surface area contributed by atoms with Crippen molar-refractivity contribution in [2.24, 2.45) is 0 Å². The second kappa shape index (κ2) is 6.33. The Bertz CT molecular complexity index is 893. The van der Waals surface area contributed by atoms with Crippen molar-refractivity contribution in [3.63, 3.8) is 0 Å². The quantitative estimate of drug-likeness (QED) is 0.680. The summed E-state index contributed by atoms with van der Waals surface area (Å²) in [5.41, 5.74) is 2.31. The molecule has 24 heavy (non-hydrogen) atoms. The third-order valence-electron chi connectivity index (χ3n) is 4.27. The zero-order valence-electron chi connectivity index (χ0n) is 13.2. The molecule has 7 heteroatoms. The maximum Gasteiger partial charge on any atom is 0.289 e. The molecule has 0 aromatic heterocycles. The number of rotatable bonds is 4. The second-order valence-electron chi connectivity index (χ2n) is 5.99. The van der Waals surface area contributed by atoms with Gasteiger partial charge in [0, 0.05) is 12.1 Å². The number of nitrogens with one attached hydrogen (secondary N) is 1. The topological polar surface area (TPSA) is 89.3 Å². The number of hydrogen-bond acceptors (Lipinski definition) is 4. The van der Waals surface area contributed by atoms with Crippen LogP contribution in [0, 0.1) is 17.0 Å². The van der Waals surface area contributed by atoms with Crippen LogP contribution in [0.5, 0.6) is 0 Å². The van der Waals surface area contributed by atoms with E-state index in [0.29, 0.717) is 12.0 Å². The fourth-order valence-electron chi connectivity index (χ4n) is 3.12. The van der Waals surface area contributed by atoms with Gasteiger partial charge in [-0.05, 0) is 48.9 Å². The van der Waals surface area contributed by atoms with Crippen LogP contribution in [0.4, 0.5) is 5.69 Å². The number of nitro benzene ring substituents is 1. The average molecular weight is 346 g/mol. The fourth-order valence-corrected chi connectivity index (χ4v) is 4.53. The fraction of sp³-hybridized carbons (Fsp3) is 0.294. The molecule has 0 saturated carbocycles. The van der Waals surface area contributed by atoms with Crippen LogP contribution in [-0.4, -0.2) is 13.3 Å². The molecule has 0 aliphatic heterocycles. The highest BCUT2D eigenvalue weighted by Gasteiger charge is 2.30. The summed E-state index contributed by atoms with van der Waals surface area (Å²) in [6.07, 6.45) is 2.47. The number of hydrogen-bond donors (Lipinski definition) is 1. The van der Waals surface area contributed by atoms with E-state index >= 15 is 0 Å². The summed E-state index contributed by atoms with van der Waals surface area (Å²) in [5.74, 6) is 0. The Hall–Kier alpha value is -2.25. The zero-order valence-corrected chi connectivity index (χ0v) is 14.0. The molecule has 0 amide bonds. The maximum absolute atomic E-state index is 12.7. The molecular weight excluding hydrogens is 328 g/mol. The van der Waals surface area contributed by atoms with E-state index < -0.39 is 20.6 Å². The van der Waals surface area contributed by atoms with Crippen LogP contribution >= 0.6 is 0 Å². The molecular formula is C17H18N2O4S. The van der Waals surface area contributed by atoms with Gasteiger partial charge in [0.15, 0.2) is 4.90 Å².